The number of hydrogen-bond acceptors (Lipinski definition) is 3. The standard InChI is InChI=1S/C14H10ClN3.ClH/c15-10-5-7-11(8-6-10)18-14-12-3-1-2-4-13(12)16-9-17-14;/h1-9H,(H,16,17,18);1H/p-1. The van der Waals surface area contributed by atoms with Gasteiger partial charge in [0.05, 0.1) is 5.52 Å². The van der Waals surface area contributed by atoms with Crippen LogP contribution in [0.4, 0.5) is 11.5 Å². The third kappa shape index (κ3) is 2.95. The lowest BCUT2D eigenvalue weighted by Gasteiger charge is -2.07. The summed E-state index contributed by atoms with van der Waals surface area (Å²) < 4.78 is 0. The summed E-state index contributed by atoms with van der Waals surface area (Å²) in [6, 6.07) is 15.4. The zero-order valence-electron chi connectivity index (χ0n) is 9.85. The molecule has 0 bridgehead atoms. The summed E-state index contributed by atoms with van der Waals surface area (Å²) in [7, 11) is 0. The van der Waals surface area contributed by atoms with Crippen molar-refractivity contribution in [2.24, 2.45) is 0 Å². The van der Waals surface area contributed by atoms with Gasteiger partial charge in [-0.1, -0.05) is 23.7 Å². The molecule has 19 heavy (non-hydrogen) atoms. The van der Waals surface area contributed by atoms with Gasteiger partial charge in [0, 0.05) is 16.1 Å². The second-order valence-corrected chi connectivity index (χ2v) is 4.31. The van der Waals surface area contributed by atoms with Crippen molar-refractivity contribution in [3.63, 3.8) is 0 Å². The molecule has 5 heteroatoms. The van der Waals surface area contributed by atoms with Gasteiger partial charge in [-0.15, -0.1) is 0 Å². The minimum atomic E-state index is 0. The summed E-state index contributed by atoms with van der Waals surface area (Å²) in [6.07, 6.45) is 1.56. The third-order valence-corrected chi connectivity index (χ3v) is 2.90. The van der Waals surface area contributed by atoms with Gasteiger partial charge in [0.25, 0.3) is 0 Å². The van der Waals surface area contributed by atoms with Gasteiger partial charge in [-0.05, 0) is 36.4 Å². The Morgan fingerprint density at radius 2 is 1.63 bits per heavy atom. The van der Waals surface area contributed by atoms with Gasteiger partial charge in [0.2, 0.25) is 0 Å². The number of fused-ring (bicyclic) bond motifs is 1. The van der Waals surface area contributed by atoms with E-state index in [4.69, 9.17) is 11.6 Å². The Morgan fingerprint density at radius 1 is 0.895 bits per heavy atom. The molecule has 0 fully saturated rings. The summed E-state index contributed by atoms with van der Waals surface area (Å²) >= 11 is 5.86. The topological polar surface area (TPSA) is 37.8 Å². The Bertz CT molecular complexity index is 678. The van der Waals surface area contributed by atoms with E-state index in [0.717, 1.165) is 22.4 Å². The molecule has 0 unspecified atom stereocenters. The molecule has 3 nitrogen and oxygen atoms in total. The number of aromatic nitrogens is 2. The van der Waals surface area contributed by atoms with Crippen molar-refractivity contribution >= 4 is 34.0 Å². The predicted octanol–water partition coefficient (Wildman–Crippen LogP) is 1.03. The van der Waals surface area contributed by atoms with Gasteiger partial charge >= 0.3 is 0 Å². The van der Waals surface area contributed by atoms with E-state index in [2.05, 4.69) is 15.3 Å². The molecule has 3 rings (SSSR count). The maximum atomic E-state index is 5.86. The molecule has 0 spiro atoms. The number of halogens is 2. The van der Waals surface area contributed by atoms with Crippen LogP contribution in [0, 0.1) is 0 Å². The van der Waals surface area contributed by atoms with Crippen molar-refractivity contribution in [3.8, 4) is 0 Å². The van der Waals surface area contributed by atoms with E-state index in [-0.39, 0.29) is 12.4 Å². The number of anilines is 2. The third-order valence-electron chi connectivity index (χ3n) is 2.65. The first-order valence-corrected chi connectivity index (χ1v) is 5.93. The smallest absolute Gasteiger partial charge is 0.141 e. The van der Waals surface area contributed by atoms with E-state index in [1.54, 1.807) is 6.33 Å². The van der Waals surface area contributed by atoms with E-state index in [1.807, 2.05) is 48.5 Å². The van der Waals surface area contributed by atoms with Crippen molar-refractivity contribution in [1.29, 1.82) is 0 Å². The molecule has 0 saturated carbocycles. The molecule has 0 aliphatic carbocycles. The molecule has 1 N–H and O–H groups in total. The molecule has 1 aromatic heterocycles. The summed E-state index contributed by atoms with van der Waals surface area (Å²) in [6.45, 7) is 0. The molecule has 1 heterocycles. The van der Waals surface area contributed by atoms with Gasteiger partial charge in [0.1, 0.15) is 12.1 Å². The lowest BCUT2D eigenvalue weighted by molar-refractivity contribution is -0.00000355. The Hall–Kier alpha value is -1.84. The summed E-state index contributed by atoms with van der Waals surface area (Å²) in [5.74, 6) is 0.794. The van der Waals surface area contributed by atoms with E-state index >= 15 is 0 Å². The fourth-order valence-corrected chi connectivity index (χ4v) is 1.90. The highest BCUT2D eigenvalue weighted by atomic mass is 35.5. The van der Waals surface area contributed by atoms with E-state index < -0.39 is 0 Å². The van der Waals surface area contributed by atoms with Crippen molar-refractivity contribution in [3.05, 3.63) is 59.9 Å². The van der Waals surface area contributed by atoms with E-state index in [9.17, 15) is 0 Å². The van der Waals surface area contributed by atoms with Gasteiger partial charge in [-0.25, -0.2) is 9.97 Å². The highest BCUT2D eigenvalue weighted by Crippen LogP contribution is 2.23. The van der Waals surface area contributed by atoms with Gasteiger partial charge in [0.15, 0.2) is 0 Å². The van der Waals surface area contributed by atoms with Gasteiger partial charge in [-0.3, -0.25) is 0 Å². The van der Waals surface area contributed by atoms with Crippen molar-refractivity contribution < 1.29 is 12.4 Å². The maximum absolute atomic E-state index is 5.86. The highest BCUT2D eigenvalue weighted by Gasteiger charge is 2.02. The molecule has 0 saturated heterocycles. The van der Waals surface area contributed by atoms with E-state index in [0.29, 0.717) is 5.02 Å². The molecule has 3 aromatic rings. The fourth-order valence-electron chi connectivity index (χ4n) is 1.77. The van der Waals surface area contributed by atoms with Crippen LogP contribution in [-0.2, 0) is 0 Å². The average Bonchev–Trinajstić information content (AvgIpc) is 2.42. The lowest BCUT2D eigenvalue weighted by atomic mass is 10.2. The number of nitrogens with zero attached hydrogens (tertiary/aromatic N) is 2. The SMILES string of the molecule is Clc1ccc(Nc2ncnc3ccccc23)cc1.[Cl-]. The van der Waals surface area contributed by atoms with Crippen LogP contribution in [0.25, 0.3) is 10.9 Å². The van der Waals surface area contributed by atoms with Crippen LogP contribution < -0.4 is 17.7 Å². The predicted molar refractivity (Wildman–Crippen MR) is 74.3 cm³/mol. The Labute approximate surface area is 122 Å². The van der Waals surface area contributed by atoms with Crippen LogP contribution in [0.5, 0.6) is 0 Å². The number of nitrogens with one attached hydrogen (secondary N) is 1. The van der Waals surface area contributed by atoms with Crippen LogP contribution in [0.1, 0.15) is 0 Å². The average molecular weight is 291 g/mol. The summed E-state index contributed by atoms with van der Waals surface area (Å²) in [4.78, 5) is 8.49. The first-order chi connectivity index (χ1) is 8.83. The zero-order chi connectivity index (χ0) is 12.4. The maximum Gasteiger partial charge on any atom is 0.141 e. The highest BCUT2D eigenvalue weighted by molar-refractivity contribution is 6.30. The minimum Gasteiger partial charge on any atom is -1.00 e. The first kappa shape index (κ1) is 13.6. The molecular formula is C14H10Cl2N3-. The van der Waals surface area contributed by atoms with Crippen LogP contribution >= 0.6 is 11.6 Å². The molecule has 0 aliphatic heterocycles. The van der Waals surface area contributed by atoms with E-state index in [1.165, 1.54) is 0 Å². The molecule has 0 radical (unpaired) electrons. The second kappa shape index (κ2) is 5.87. The fraction of sp³-hybridized carbons (Fsp3) is 0. The van der Waals surface area contributed by atoms with Crippen LogP contribution in [0.3, 0.4) is 0 Å². The van der Waals surface area contributed by atoms with Gasteiger partial charge in [-0.2, -0.15) is 0 Å². The van der Waals surface area contributed by atoms with Crippen LogP contribution in [0.15, 0.2) is 54.9 Å². The molecule has 2 aromatic carbocycles. The molecule has 0 amide bonds. The van der Waals surface area contributed by atoms with Gasteiger partial charge < -0.3 is 17.7 Å². The largest absolute Gasteiger partial charge is 1.00 e. The number of rotatable bonds is 2. The number of para-hydroxylation sites is 1. The Balaban J connectivity index is 0.00000133. The Morgan fingerprint density at radius 3 is 2.42 bits per heavy atom. The zero-order valence-corrected chi connectivity index (χ0v) is 11.4. The second-order valence-electron chi connectivity index (χ2n) is 3.87. The van der Waals surface area contributed by atoms with Crippen LogP contribution in [0.2, 0.25) is 5.02 Å². The first-order valence-electron chi connectivity index (χ1n) is 5.55. The summed E-state index contributed by atoms with van der Waals surface area (Å²) in [5.41, 5.74) is 1.87. The number of hydrogen-bond donors (Lipinski definition) is 1. The molecular weight excluding hydrogens is 281 g/mol. The minimum absolute atomic E-state index is 0. The summed E-state index contributed by atoms with van der Waals surface area (Å²) in [5, 5.41) is 4.98. The van der Waals surface area contributed by atoms with Crippen molar-refractivity contribution in [1.82, 2.24) is 9.97 Å². The van der Waals surface area contributed by atoms with Crippen molar-refractivity contribution in [2.75, 3.05) is 5.32 Å². The normalized spacial score (nSPS) is 9.95. The number of benzene rings is 2. The molecule has 0 aliphatic rings. The molecule has 0 atom stereocenters. The lowest BCUT2D eigenvalue weighted by Crippen LogP contribution is -3.00. The monoisotopic (exact) mass is 290 g/mol. The van der Waals surface area contributed by atoms with Crippen LogP contribution in [-0.4, -0.2) is 9.97 Å². The Kier molecular flexibility index (Phi) is 4.20. The quantitative estimate of drug-likeness (QED) is 0.766. The molecule has 96 valence electrons. The van der Waals surface area contributed by atoms with Crippen molar-refractivity contribution in [2.45, 2.75) is 0 Å².